The van der Waals surface area contributed by atoms with Gasteiger partial charge in [0.1, 0.15) is 89.3 Å². The minimum Gasteiger partial charge on any atom is -0.508 e. The monoisotopic (exact) mass is 1850 g/mol. The number of primary amides is 2. The molecule has 0 saturated carbocycles. The highest BCUT2D eigenvalue weighted by Crippen LogP contribution is 2.29. The van der Waals surface area contributed by atoms with E-state index >= 15 is 24.0 Å². The van der Waals surface area contributed by atoms with Gasteiger partial charge in [0.25, 0.3) is 0 Å². The normalized spacial score (nSPS) is 18.1. The predicted molar refractivity (Wildman–Crippen MR) is 485 cm³/mol. The van der Waals surface area contributed by atoms with Crippen molar-refractivity contribution in [1.29, 1.82) is 0 Å². The van der Waals surface area contributed by atoms with Crippen molar-refractivity contribution in [2.75, 3.05) is 38.2 Å². The lowest BCUT2D eigenvalue weighted by atomic mass is 9.96. The summed E-state index contributed by atoms with van der Waals surface area (Å²) in [6.45, 7) is 7.50. The number of aromatic hydroxyl groups is 1. The number of ketones is 1. The fourth-order valence-corrected chi connectivity index (χ4v) is 17.6. The molecule has 41 heteroatoms. The number of phenols is 1. The first kappa shape index (κ1) is 101. The number of carbonyl (C=O) groups excluding carboxylic acids is 16. The summed E-state index contributed by atoms with van der Waals surface area (Å²) in [5.74, 6) is -16.5. The number of carboxylic acid groups (broad SMARTS) is 1. The predicted octanol–water partition coefficient (Wildman–Crippen LogP) is 1.84. The molecular formula is C90H115N17O22S2. The van der Waals surface area contributed by atoms with Crippen LogP contribution < -0.4 is 85.6 Å². The van der Waals surface area contributed by atoms with E-state index in [9.17, 15) is 72.5 Å². The number of phenolic OH excluding ortho intramolecular Hbond substituents is 1. The number of para-hydroxylation sites is 2. The zero-order valence-corrected chi connectivity index (χ0v) is 75.3. The van der Waals surface area contributed by atoms with Gasteiger partial charge in [-0.05, 0) is 129 Å². The molecule has 0 bridgehead atoms. The molecule has 9 rings (SSSR count). The number of hydrogen-bond acceptors (Lipinski definition) is 23. The van der Waals surface area contributed by atoms with Gasteiger partial charge in [0.05, 0.1) is 20.1 Å². The standard InChI is InChI=1S/C90H115N17O22S2/c1-7-49(4)79(89(126)99-62(80(92)117)29-22-50(5)108)106-86(123)68(39-54-44-95-61-19-13-11-17-58(54)61)102-87(124)69-46-130-131-47-70(90(127)107-35-15-20-71(107)88(125)103-66(37-51-23-25-55(109)26-24-51)81(118)96-45-76(113)98-65(36-48(2)3)84(121)104-69)105-83(120)64(31-33-77(114)115)100-85(122)67(38-53-43-94-60-18-12-10-16-57(53)60)101-82(119)63(30-32-73(91)110)97-74(111)21-9-8-14-34-93-75(112)40-52-41-78(116)129-72-42-56(128-6)27-28-59(52)72/h10-13,16-19,23-28,41-44,48-49,62-71,79,94-95,109H,7-9,14-15,20-22,29-40,45-47H2,1-6H3,(H2,91,110)(H2,92,117)(H,93,112)(H,96,118)(H,97,111)(H,98,113)(H,99,126)(H,100,122)(H,101,119)(H,102,124)(H,103,125)(H,104,121)(H,105,120)(H,106,123)(H,114,115)/t49?,62-,63+,64-,65-,66-,67-,68-,69-,70-,71-,79-/m0/s1. The average Bonchev–Trinajstić information content (AvgIpc) is 1.17. The molecule has 0 aliphatic carbocycles. The number of carboxylic acids is 1. The number of Topliss-reactive ketones (excluding diaryl/α,β-unsaturated/α-hetero) is 1. The van der Waals surface area contributed by atoms with Crippen molar-refractivity contribution < 1.29 is 101 Å². The van der Waals surface area contributed by atoms with E-state index in [2.05, 4.69) is 73.8 Å². The van der Waals surface area contributed by atoms with Crippen molar-refractivity contribution in [3.63, 3.8) is 0 Å². The number of nitrogens with one attached hydrogen (secondary N) is 14. The fourth-order valence-electron chi connectivity index (χ4n) is 15.2. The van der Waals surface area contributed by atoms with Crippen LogP contribution in [-0.2, 0) is 107 Å². The molecule has 0 radical (unpaired) electrons. The SMILES string of the molecule is CCC(C)[C@H](NC(=O)[C@H](Cc1c[nH]c2ccccc12)NC(=O)[C@@H]1CSSC[C@H](NC(=O)[C@H](CCC(=O)O)NC(=O)[C@H](Cc2c[nH]c3ccccc23)NC(=O)[C@@H](CCC(N)=O)NC(=O)CCCCCNC(=O)Cc2cc(=O)oc3cc(OC)ccc23)C(=O)N2CCC[C@H]2C(=O)N[C@@H](Cc2ccc(O)cc2)C(=O)NCC(=O)N[C@@H](CC(C)C)C(=O)N1)C(=O)N[C@@H](CCC(C)=O)C(N)=O. The van der Waals surface area contributed by atoms with Crippen LogP contribution in [0.2, 0.25) is 0 Å². The van der Waals surface area contributed by atoms with Crippen LogP contribution in [0.3, 0.4) is 0 Å². The Hall–Kier alpha value is -13.3. The summed E-state index contributed by atoms with van der Waals surface area (Å²) in [6.07, 6.45) is 1.08. The number of hydrogen-bond donors (Lipinski definition) is 18. The minimum absolute atomic E-state index is 0.000168. The van der Waals surface area contributed by atoms with Crippen molar-refractivity contribution in [2.24, 2.45) is 23.3 Å². The fraction of sp³-hybridized carbons (Fsp3) is 0.467. The largest absolute Gasteiger partial charge is 0.508 e. The van der Waals surface area contributed by atoms with Crippen LogP contribution in [0.4, 0.5) is 0 Å². The van der Waals surface area contributed by atoms with Crippen LogP contribution in [0.5, 0.6) is 11.5 Å². The van der Waals surface area contributed by atoms with E-state index in [-0.39, 0.29) is 119 Å². The van der Waals surface area contributed by atoms with Gasteiger partial charge in [-0.2, -0.15) is 0 Å². The molecule has 131 heavy (non-hydrogen) atoms. The van der Waals surface area contributed by atoms with Gasteiger partial charge in [-0.15, -0.1) is 0 Å². The molecule has 2 aliphatic heterocycles. The van der Waals surface area contributed by atoms with E-state index in [1.165, 1.54) is 50.4 Å². The van der Waals surface area contributed by atoms with E-state index in [1.54, 1.807) is 101 Å². The van der Waals surface area contributed by atoms with E-state index in [0.717, 1.165) is 26.5 Å². The lowest BCUT2D eigenvalue weighted by Gasteiger charge is -2.31. The molecular weight excluding hydrogens is 1740 g/mol. The molecule has 2 saturated heterocycles. The number of carbonyl (C=O) groups is 17. The number of ether oxygens (including phenoxy) is 1. The zero-order chi connectivity index (χ0) is 95.1. The Morgan fingerprint density at radius 2 is 1.23 bits per heavy atom. The number of fused-ring (bicyclic) bond motifs is 4. The van der Waals surface area contributed by atoms with E-state index in [0.29, 0.717) is 74.5 Å². The smallest absolute Gasteiger partial charge is 0.336 e. The molecule has 15 amide bonds. The third kappa shape index (κ3) is 30.7. The number of aliphatic carboxylic acids is 1. The number of aromatic nitrogens is 2. The van der Waals surface area contributed by atoms with Crippen LogP contribution in [0.15, 0.2) is 119 Å². The summed E-state index contributed by atoms with van der Waals surface area (Å²) < 4.78 is 10.5. The molecule has 0 spiro atoms. The summed E-state index contributed by atoms with van der Waals surface area (Å²) in [7, 11) is 3.18. The highest BCUT2D eigenvalue weighted by atomic mass is 33.1. The van der Waals surface area contributed by atoms with E-state index in [1.807, 2.05) is 0 Å². The molecule has 3 aromatic heterocycles. The Kier molecular flexibility index (Phi) is 38.3. The molecule has 2 aliphatic rings. The number of amides is 15. The topological polar surface area (TPSA) is 601 Å². The molecule has 704 valence electrons. The van der Waals surface area contributed by atoms with Gasteiger partial charge in [0.15, 0.2) is 0 Å². The van der Waals surface area contributed by atoms with Crippen LogP contribution in [0.1, 0.15) is 147 Å². The van der Waals surface area contributed by atoms with Gasteiger partial charge in [0.2, 0.25) is 88.6 Å². The van der Waals surface area contributed by atoms with E-state index < -0.39 is 204 Å². The second-order valence-electron chi connectivity index (χ2n) is 33.0. The minimum atomic E-state index is -1.86. The Morgan fingerprint density at radius 3 is 1.87 bits per heavy atom. The third-order valence-electron chi connectivity index (χ3n) is 22.5. The first-order chi connectivity index (χ1) is 62.5. The van der Waals surface area contributed by atoms with Gasteiger partial charge < -0.3 is 114 Å². The summed E-state index contributed by atoms with van der Waals surface area (Å²) in [4.78, 5) is 261. The Bertz CT molecular complexity index is 5370. The van der Waals surface area contributed by atoms with Crippen LogP contribution in [0.25, 0.3) is 32.8 Å². The molecule has 1 unspecified atom stereocenters. The van der Waals surface area contributed by atoms with Crippen molar-refractivity contribution in [2.45, 2.75) is 217 Å². The van der Waals surface area contributed by atoms with Gasteiger partial charge in [0, 0.05) is 121 Å². The van der Waals surface area contributed by atoms with Gasteiger partial charge in [-0.25, -0.2) is 4.79 Å². The molecule has 2 fully saturated rings. The molecule has 20 N–H and O–H groups in total. The molecule has 5 heterocycles. The number of rotatable bonds is 42. The molecule has 4 aromatic carbocycles. The third-order valence-corrected chi connectivity index (χ3v) is 25.0. The average molecular weight is 1850 g/mol. The first-order valence-electron chi connectivity index (χ1n) is 43.4. The summed E-state index contributed by atoms with van der Waals surface area (Å²) in [5, 5.41) is 54.3. The summed E-state index contributed by atoms with van der Waals surface area (Å²) >= 11 is 0. The zero-order valence-electron chi connectivity index (χ0n) is 73.6. The van der Waals surface area contributed by atoms with Crippen molar-refractivity contribution >= 4 is 155 Å². The molecule has 39 nitrogen and oxygen atoms in total. The summed E-state index contributed by atoms with van der Waals surface area (Å²) in [6, 6.07) is 8.76. The lowest BCUT2D eigenvalue weighted by Crippen LogP contribution is -2.61. The first-order valence-corrected chi connectivity index (χ1v) is 45.9. The molecule has 12 atom stereocenters. The van der Waals surface area contributed by atoms with Crippen molar-refractivity contribution in [1.82, 2.24) is 78.7 Å². The number of benzene rings is 4. The second kappa shape index (κ2) is 49.4. The van der Waals surface area contributed by atoms with Crippen LogP contribution >= 0.6 is 21.6 Å². The van der Waals surface area contributed by atoms with E-state index in [4.69, 9.17) is 20.6 Å². The van der Waals surface area contributed by atoms with Gasteiger partial charge in [-0.1, -0.05) is 111 Å². The number of methoxy groups -OCH3 is 1. The Labute approximate surface area is 762 Å². The maximum absolute atomic E-state index is 15.7. The highest BCUT2D eigenvalue weighted by molar-refractivity contribution is 8.76. The maximum Gasteiger partial charge on any atom is 0.336 e. The maximum atomic E-state index is 15.7. The highest BCUT2D eigenvalue weighted by Gasteiger charge is 2.42. The summed E-state index contributed by atoms with van der Waals surface area (Å²) in [5.41, 5.74) is 13.9. The quantitative estimate of drug-likeness (QED) is 0.0147. The number of aromatic amines is 2. The molecule has 7 aromatic rings. The lowest BCUT2D eigenvalue weighted by molar-refractivity contribution is -0.142. The number of unbranched alkanes of at least 4 members (excludes halogenated alkanes) is 2. The Morgan fingerprint density at radius 1 is 0.611 bits per heavy atom. The van der Waals surface area contributed by atoms with Crippen LogP contribution in [-0.4, -0.2) is 230 Å². The number of nitrogens with two attached hydrogens (primary N) is 2. The van der Waals surface area contributed by atoms with Crippen molar-refractivity contribution in [3.8, 4) is 11.5 Å². The number of H-pyrrole nitrogens is 2. The van der Waals surface area contributed by atoms with Gasteiger partial charge in [-0.3, -0.25) is 76.7 Å². The second-order valence-corrected chi connectivity index (χ2v) is 35.6. The van der Waals surface area contributed by atoms with Gasteiger partial charge >= 0.3 is 11.6 Å². The Balaban J connectivity index is 1.00. The van der Waals surface area contributed by atoms with Crippen LogP contribution in [0, 0.1) is 11.8 Å². The number of nitrogens with zero attached hydrogens (tertiary/aromatic N) is 1. The van der Waals surface area contributed by atoms with Crippen molar-refractivity contribution in [3.05, 3.63) is 142 Å².